The first-order valence-corrected chi connectivity index (χ1v) is 6.05. The molecule has 96 valence electrons. The highest BCUT2D eigenvalue weighted by Gasteiger charge is 2.11. The van der Waals surface area contributed by atoms with Crippen LogP contribution in [0.5, 0.6) is 0 Å². The Hall–Kier alpha value is -2.27. The predicted octanol–water partition coefficient (Wildman–Crippen LogP) is 3.07. The Morgan fingerprint density at radius 3 is 2.79 bits per heavy atom. The number of aryl methyl sites for hydroxylation is 1. The fraction of sp³-hybridized carbons (Fsp3) is 0.0769. The number of nitrogens with zero attached hydrogens (tertiary/aromatic N) is 3. The second-order valence-corrected chi connectivity index (χ2v) is 4.52. The lowest BCUT2D eigenvalue weighted by Gasteiger charge is -2.09. The van der Waals surface area contributed by atoms with Crippen molar-refractivity contribution in [2.24, 2.45) is 0 Å². The quantitative estimate of drug-likeness (QED) is 0.780. The predicted molar refractivity (Wildman–Crippen MR) is 73.2 cm³/mol. The van der Waals surface area contributed by atoms with Crippen molar-refractivity contribution in [2.75, 3.05) is 5.73 Å². The van der Waals surface area contributed by atoms with E-state index in [2.05, 4.69) is 10.1 Å². The first kappa shape index (κ1) is 11.8. The van der Waals surface area contributed by atoms with Gasteiger partial charge in [0.15, 0.2) is 0 Å². The van der Waals surface area contributed by atoms with Crippen molar-refractivity contribution in [1.82, 2.24) is 14.7 Å². The van der Waals surface area contributed by atoms with Crippen molar-refractivity contribution in [3.8, 4) is 16.8 Å². The molecule has 1 aromatic carbocycles. The lowest BCUT2D eigenvalue weighted by Crippen LogP contribution is -1.96. The largest absolute Gasteiger partial charge is 0.367 e. The summed E-state index contributed by atoms with van der Waals surface area (Å²) in [5.74, 6) is 1.15. The molecule has 3 aromatic rings. The summed E-state index contributed by atoms with van der Waals surface area (Å²) in [6, 6.07) is 5.67. The van der Waals surface area contributed by atoms with Gasteiger partial charge >= 0.3 is 0 Å². The zero-order valence-electron chi connectivity index (χ0n) is 10.2. The van der Waals surface area contributed by atoms with Gasteiger partial charge in [-0.1, -0.05) is 22.8 Å². The van der Waals surface area contributed by atoms with Crippen LogP contribution in [0.15, 0.2) is 41.3 Å². The number of halogens is 1. The van der Waals surface area contributed by atoms with Crippen LogP contribution in [0.2, 0.25) is 5.02 Å². The van der Waals surface area contributed by atoms with Gasteiger partial charge in [-0.05, 0) is 24.6 Å². The van der Waals surface area contributed by atoms with Crippen LogP contribution in [0.1, 0.15) is 5.82 Å². The highest BCUT2D eigenvalue weighted by atomic mass is 35.5. The number of nitrogens with two attached hydrogens (primary N) is 1. The second kappa shape index (κ2) is 4.44. The van der Waals surface area contributed by atoms with Crippen LogP contribution in [0.3, 0.4) is 0 Å². The maximum Gasteiger partial charge on any atom is 0.229 e. The number of benzene rings is 1. The van der Waals surface area contributed by atoms with Crippen LogP contribution >= 0.6 is 11.6 Å². The van der Waals surface area contributed by atoms with Crippen LogP contribution in [-0.2, 0) is 0 Å². The standard InChI is InChI=1S/C13H11ClN4O/c1-8-16-4-5-18(8)12-3-2-9(6-11(12)14)10-7-17-19-13(10)15/h2-7H,15H2,1H3. The number of rotatable bonds is 2. The summed E-state index contributed by atoms with van der Waals surface area (Å²) in [6.07, 6.45) is 5.17. The third kappa shape index (κ3) is 1.98. The number of nitrogen functional groups attached to an aromatic ring is 1. The van der Waals surface area contributed by atoms with Gasteiger partial charge in [0, 0.05) is 12.4 Å². The summed E-state index contributed by atoms with van der Waals surface area (Å²) in [5.41, 5.74) is 8.16. The van der Waals surface area contributed by atoms with Gasteiger partial charge in [-0.25, -0.2) is 4.98 Å². The summed E-state index contributed by atoms with van der Waals surface area (Å²) < 4.78 is 6.77. The van der Waals surface area contributed by atoms with E-state index in [1.807, 2.05) is 35.9 Å². The van der Waals surface area contributed by atoms with Gasteiger partial charge in [0.2, 0.25) is 5.88 Å². The molecular formula is C13H11ClN4O. The molecule has 2 aromatic heterocycles. The number of anilines is 1. The molecule has 0 radical (unpaired) electrons. The van der Waals surface area contributed by atoms with E-state index in [0.29, 0.717) is 5.02 Å². The normalized spacial score (nSPS) is 10.8. The second-order valence-electron chi connectivity index (χ2n) is 4.11. The van der Waals surface area contributed by atoms with Crippen LogP contribution in [0.25, 0.3) is 16.8 Å². The number of hydrogen-bond donors (Lipinski definition) is 1. The topological polar surface area (TPSA) is 69.9 Å². The van der Waals surface area contributed by atoms with E-state index in [1.54, 1.807) is 12.4 Å². The Morgan fingerprint density at radius 2 is 2.21 bits per heavy atom. The molecule has 0 aliphatic heterocycles. The average Bonchev–Trinajstić information content (AvgIpc) is 2.98. The molecule has 19 heavy (non-hydrogen) atoms. The Balaban J connectivity index is 2.09. The zero-order valence-corrected chi connectivity index (χ0v) is 10.9. The molecular weight excluding hydrogens is 264 g/mol. The Kier molecular flexibility index (Phi) is 2.76. The van der Waals surface area contributed by atoms with Gasteiger partial charge in [0.25, 0.3) is 0 Å². The van der Waals surface area contributed by atoms with Crippen LogP contribution < -0.4 is 5.73 Å². The average molecular weight is 275 g/mol. The fourth-order valence-electron chi connectivity index (χ4n) is 1.97. The van der Waals surface area contributed by atoms with Crippen LogP contribution in [0, 0.1) is 6.92 Å². The van der Waals surface area contributed by atoms with Gasteiger partial charge in [0.1, 0.15) is 5.82 Å². The third-order valence-corrected chi connectivity index (χ3v) is 3.25. The molecule has 2 N–H and O–H groups in total. The van der Waals surface area contributed by atoms with E-state index in [4.69, 9.17) is 21.9 Å². The highest BCUT2D eigenvalue weighted by Crippen LogP contribution is 2.31. The van der Waals surface area contributed by atoms with E-state index in [-0.39, 0.29) is 5.88 Å². The van der Waals surface area contributed by atoms with Gasteiger partial charge < -0.3 is 14.8 Å². The molecule has 5 nitrogen and oxygen atoms in total. The maximum absolute atomic E-state index is 6.32. The molecule has 2 heterocycles. The molecule has 6 heteroatoms. The van der Waals surface area contributed by atoms with Gasteiger partial charge in [-0.15, -0.1) is 0 Å². The Bertz CT molecular complexity index is 732. The lowest BCUT2D eigenvalue weighted by atomic mass is 10.1. The molecule has 0 saturated heterocycles. The van der Waals surface area contributed by atoms with Gasteiger partial charge in [0.05, 0.1) is 22.5 Å². The third-order valence-electron chi connectivity index (χ3n) is 2.94. The van der Waals surface area contributed by atoms with E-state index < -0.39 is 0 Å². The SMILES string of the molecule is Cc1nccn1-c1ccc(-c2cnoc2N)cc1Cl. The molecule has 0 aliphatic carbocycles. The van der Waals surface area contributed by atoms with Crippen molar-refractivity contribution in [3.63, 3.8) is 0 Å². The molecule has 0 saturated carbocycles. The number of aromatic nitrogens is 3. The van der Waals surface area contributed by atoms with Crippen molar-refractivity contribution in [1.29, 1.82) is 0 Å². The monoisotopic (exact) mass is 274 g/mol. The summed E-state index contributed by atoms with van der Waals surface area (Å²) in [6.45, 7) is 1.92. The molecule has 0 fully saturated rings. The van der Waals surface area contributed by atoms with E-state index in [1.165, 1.54) is 0 Å². The smallest absolute Gasteiger partial charge is 0.229 e. The number of hydrogen-bond acceptors (Lipinski definition) is 4. The van der Waals surface area contributed by atoms with Crippen LogP contribution in [-0.4, -0.2) is 14.7 Å². The maximum atomic E-state index is 6.32. The summed E-state index contributed by atoms with van der Waals surface area (Å²) >= 11 is 6.32. The minimum Gasteiger partial charge on any atom is -0.367 e. The number of imidazole rings is 1. The minimum absolute atomic E-state index is 0.280. The molecule has 0 amide bonds. The summed E-state index contributed by atoms with van der Waals surface area (Å²) in [4.78, 5) is 4.18. The molecule has 0 spiro atoms. The van der Waals surface area contributed by atoms with Crippen molar-refractivity contribution >= 4 is 17.5 Å². The molecule has 3 rings (SSSR count). The summed E-state index contributed by atoms with van der Waals surface area (Å²) in [5, 5.41) is 4.27. The molecule has 0 aliphatic rings. The van der Waals surface area contributed by atoms with Gasteiger partial charge in [-0.3, -0.25) is 0 Å². The molecule has 0 unspecified atom stereocenters. The fourth-order valence-corrected chi connectivity index (χ4v) is 2.24. The zero-order chi connectivity index (χ0) is 13.4. The van der Waals surface area contributed by atoms with Crippen molar-refractivity contribution < 1.29 is 4.52 Å². The van der Waals surface area contributed by atoms with Crippen molar-refractivity contribution in [2.45, 2.75) is 6.92 Å². The van der Waals surface area contributed by atoms with Crippen molar-refractivity contribution in [3.05, 3.63) is 47.6 Å². The van der Waals surface area contributed by atoms with Gasteiger partial charge in [-0.2, -0.15) is 0 Å². The summed E-state index contributed by atoms with van der Waals surface area (Å²) in [7, 11) is 0. The van der Waals surface area contributed by atoms with Crippen LogP contribution in [0.4, 0.5) is 5.88 Å². The molecule has 0 atom stereocenters. The highest BCUT2D eigenvalue weighted by molar-refractivity contribution is 6.32. The van der Waals surface area contributed by atoms with E-state index in [0.717, 1.165) is 22.6 Å². The van der Waals surface area contributed by atoms with E-state index >= 15 is 0 Å². The molecule has 0 bridgehead atoms. The van der Waals surface area contributed by atoms with E-state index in [9.17, 15) is 0 Å². The lowest BCUT2D eigenvalue weighted by molar-refractivity contribution is 0.436. The Labute approximate surface area is 114 Å². The Morgan fingerprint density at radius 1 is 1.37 bits per heavy atom. The minimum atomic E-state index is 0.280. The first-order valence-electron chi connectivity index (χ1n) is 5.67. The first-order chi connectivity index (χ1) is 9.16.